The lowest BCUT2D eigenvalue weighted by molar-refractivity contribution is 0.0743. The summed E-state index contributed by atoms with van der Waals surface area (Å²) in [7, 11) is 0. The number of benzene rings is 2. The van der Waals surface area contributed by atoms with E-state index in [1.165, 1.54) is 30.1 Å². The number of hydrogen-bond donors (Lipinski definition) is 0. The second-order valence-corrected chi connectivity index (χ2v) is 9.21. The second-order valence-electron chi connectivity index (χ2n) is 7.86. The van der Waals surface area contributed by atoms with Gasteiger partial charge in [-0.15, -0.1) is 0 Å². The molecule has 2 aromatic heterocycles. The van der Waals surface area contributed by atoms with E-state index >= 15 is 0 Å². The van der Waals surface area contributed by atoms with Gasteiger partial charge in [-0.3, -0.25) is 14.3 Å². The van der Waals surface area contributed by atoms with E-state index in [-0.39, 0.29) is 17.5 Å². The molecule has 0 unspecified atom stereocenters. The molecule has 0 radical (unpaired) electrons. The highest BCUT2D eigenvalue weighted by Gasteiger charge is 2.23. The molecular formula is C26H23ClF2N4OS. The van der Waals surface area contributed by atoms with Crippen molar-refractivity contribution < 1.29 is 13.6 Å². The lowest BCUT2D eigenvalue weighted by Gasteiger charge is -2.22. The summed E-state index contributed by atoms with van der Waals surface area (Å²) in [6.07, 6.45) is 4.86. The number of rotatable bonds is 8. The molecule has 0 aliphatic heterocycles. The summed E-state index contributed by atoms with van der Waals surface area (Å²) < 4.78 is 30.0. The van der Waals surface area contributed by atoms with Gasteiger partial charge in [-0.05, 0) is 67.4 Å². The predicted octanol–water partition coefficient (Wildman–Crippen LogP) is 6.46. The molecule has 0 bridgehead atoms. The van der Waals surface area contributed by atoms with Gasteiger partial charge >= 0.3 is 0 Å². The van der Waals surface area contributed by atoms with Crippen LogP contribution in [-0.2, 0) is 12.3 Å². The Morgan fingerprint density at radius 3 is 2.49 bits per heavy atom. The lowest BCUT2D eigenvalue weighted by atomic mass is 10.1. The van der Waals surface area contributed by atoms with Crippen molar-refractivity contribution >= 4 is 29.3 Å². The van der Waals surface area contributed by atoms with Gasteiger partial charge < -0.3 is 4.90 Å². The molecule has 0 N–H and O–H groups in total. The maximum Gasteiger partial charge on any atom is 0.272 e. The number of thioether (sulfide) groups is 1. The molecule has 1 amide bonds. The first-order valence-electron chi connectivity index (χ1n) is 11.0. The van der Waals surface area contributed by atoms with Crippen LogP contribution >= 0.6 is 23.4 Å². The highest BCUT2D eigenvalue weighted by atomic mass is 35.5. The first-order valence-corrected chi connectivity index (χ1v) is 12.3. The van der Waals surface area contributed by atoms with Gasteiger partial charge in [-0.1, -0.05) is 29.4 Å². The number of hydrogen-bond acceptors (Lipinski definition) is 4. The standard InChI is InChI=1S/C26H23ClF2N4OS/c1-3-32(15-18-10-12-30-13-11-18)25(34)23-14-31-26(33(23)20-7-5-19(28)6-8-20)35-16-21-22(27)9-4-17(2)24(21)29/h4-14H,3,15-16H2,1-2H3. The number of carbonyl (C=O) groups excluding carboxylic acids is 1. The smallest absolute Gasteiger partial charge is 0.272 e. The SMILES string of the molecule is CCN(Cc1ccncc1)C(=O)c1cnc(SCc2c(Cl)ccc(C)c2F)n1-c1ccc(F)cc1. The Morgan fingerprint density at radius 2 is 1.80 bits per heavy atom. The van der Waals surface area contributed by atoms with Crippen LogP contribution in [0.3, 0.4) is 0 Å². The highest BCUT2D eigenvalue weighted by Crippen LogP contribution is 2.32. The molecular weight excluding hydrogens is 490 g/mol. The third-order valence-electron chi connectivity index (χ3n) is 5.55. The number of aryl methyl sites for hydroxylation is 1. The van der Waals surface area contributed by atoms with Gasteiger partial charge in [0.1, 0.15) is 17.3 Å². The van der Waals surface area contributed by atoms with E-state index in [4.69, 9.17) is 11.6 Å². The summed E-state index contributed by atoms with van der Waals surface area (Å²) in [6.45, 7) is 4.45. The van der Waals surface area contributed by atoms with Crippen LogP contribution in [0.15, 0.2) is 72.3 Å². The summed E-state index contributed by atoms with van der Waals surface area (Å²) in [4.78, 5) is 23.7. The molecule has 0 aliphatic carbocycles. The van der Waals surface area contributed by atoms with E-state index in [9.17, 15) is 13.6 Å². The van der Waals surface area contributed by atoms with Crippen LogP contribution < -0.4 is 0 Å². The molecule has 180 valence electrons. The predicted molar refractivity (Wildman–Crippen MR) is 134 cm³/mol. The lowest BCUT2D eigenvalue weighted by Crippen LogP contribution is -2.31. The summed E-state index contributed by atoms with van der Waals surface area (Å²) >= 11 is 7.50. The molecule has 35 heavy (non-hydrogen) atoms. The van der Waals surface area contributed by atoms with Crippen LogP contribution in [0.1, 0.15) is 34.1 Å². The molecule has 2 aromatic carbocycles. The summed E-state index contributed by atoms with van der Waals surface area (Å²) in [5.41, 5.74) is 2.71. The Balaban J connectivity index is 1.69. The van der Waals surface area contributed by atoms with Crippen LogP contribution in [0, 0.1) is 18.6 Å². The maximum atomic E-state index is 14.7. The van der Waals surface area contributed by atoms with Crippen molar-refractivity contribution in [1.29, 1.82) is 0 Å². The molecule has 0 saturated heterocycles. The van der Waals surface area contributed by atoms with E-state index in [2.05, 4.69) is 9.97 Å². The van der Waals surface area contributed by atoms with E-state index in [0.717, 1.165) is 5.56 Å². The maximum absolute atomic E-state index is 14.7. The Morgan fingerprint density at radius 1 is 1.09 bits per heavy atom. The van der Waals surface area contributed by atoms with Crippen molar-refractivity contribution in [2.75, 3.05) is 6.54 Å². The van der Waals surface area contributed by atoms with Crippen LogP contribution in [0.25, 0.3) is 5.69 Å². The van der Waals surface area contributed by atoms with Crippen molar-refractivity contribution in [2.24, 2.45) is 0 Å². The minimum absolute atomic E-state index is 0.215. The largest absolute Gasteiger partial charge is 0.333 e. The monoisotopic (exact) mass is 512 g/mol. The number of carbonyl (C=O) groups is 1. The Labute approximate surface area is 211 Å². The van der Waals surface area contributed by atoms with E-state index in [1.807, 2.05) is 19.1 Å². The molecule has 4 aromatic rings. The van der Waals surface area contributed by atoms with Gasteiger partial charge in [0.25, 0.3) is 5.91 Å². The molecule has 5 nitrogen and oxygen atoms in total. The number of pyridine rings is 1. The van der Waals surface area contributed by atoms with E-state index in [1.54, 1.807) is 53.0 Å². The molecule has 2 heterocycles. The molecule has 9 heteroatoms. The third kappa shape index (κ3) is 5.55. The van der Waals surface area contributed by atoms with Crippen molar-refractivity contribution in [3.8, 4) is 5.69 Å². The van der Waals surface area contributed by atoms with Gasteiger partial charge in [0, 0.05) is 47.5 Å². The third-order valence-corrected chi connectivity index (χ3v) is 6.88. The topological polar surface area (TPSA) is 51.0 Å². The molecule has 0 spiro atoms. The Bertz CT molecular complexity index is 1330. The molecule has 4 rings (SSSR count). The summed E-state index contributed by atoms with van der Waals surface area (Å²) in [5.74, 6) is -0.770. The molecule has 0 saturated carbocycles. The quantitative estimate of drug-likeness (QED) is 0.254. The number of nitrogens with zero attached hydrogens (tertiary/aromatic N) is 4. The van der Waals surface area contributed by atoms with Crippen LogP contribution in [0.4, 0.5) is 8.78 Å². The highest BCUT2D eigenvalue weighted by molar-refractivity contribution is 7.98. The normalized spacial score (nSPS) is 11.0. The molecule has 0 fully saturated rings. The zero-order valence-corrected chi connectivity index (χ0v) is 20.8. The zero-order chi connectivity index (χ0) is 24.9. The van der Waals surface area contributed by atoms with Crippen molar-refractivity contribution in [3.05, 3.63) is 106 Å². The average Bonchev–Trinajstić information content (AvgIpc) is 3.29. The van der Waals surface area contributed by atoms with E-state index < -0.39 is 5.82 Å². The second kappa shape index (κ2) is 11.0. The summed E-state index contributed by atoms with van der Waals surface area (Å²) in [5, 5.41) is 0.795. The summed E-state index contributed by atoms with van der Waals surface area (Å²) in [6, 6.07) is 12.8. The van der Waals surface area contributed by atoms with Crippen LogP contribution in [0.5, 0.6) is 0 Å². The van der Waals surface area contributed by atoms with Crippen LogP contribution in [-0.4, -0.2) is 31.9 Å². The van der Waals surface area contributed by atoms with Gasteiger partial charge in [0.05, 0.1) is 6.20 Å². The van der Waals surface area contributed by atoms with Gasteiger partial charge in [0.2, 0.25) is 0 Å². The Hall–Kier alpha value is -3.23. The van der Waals surface area contributed by atoms with Gasteiger partial charge in [0.15, 0.2) is 5.16 Å². The number of amides is 1. The minimum atomic E-state index is -0.391. The van der Waals surface area contributed by atoms with Crippen molar-refractivity contribution in [3.63, 3.8) is 0 Å². The van der Waals surface area contributed by atoms with Crippen molar-refractivity contribution in [1.82, 2.24) is 19.4 Å². The fourth-order valence-corrected chi connectivity index (χ4v) is 4.92. The first kappa shape index (κ1) is 24.9. The number of imidazole rings is 1. The first-order chi connectivity index (χ1) is 16.9. The number of halogens is 3. The van der Waals surface area contributed by atoms with Crippen molar-refractivity contribution in [2.45, 2.75) is 31.3 Å². The van der Waals surface area contributed by atoms with E-state index in [0.29, 0.717) is 45.8 Å². The van der Waals surface area contributed by atoms with Gasteiger partial charge in [-0.2, -0.15) is 0 Å². The fourth-order valence-electron chi connectivity index (χ4n) is 3.61. The number of aromatic nitrogens is 3. The Kier molecular flexibility index (Phi) is 7.83. The van der Waals surface area contributed by atoms with Gasteiger partial charge in [-0.25, -0.2) is 13.8 Å². The fraction of sp³-hybridized carbons (Fsp3) is 0.192. The zero-order valence-electron chi connectivity index (χ0n) is 19.2. The van der Waals surface area contributed by atoms with Crippen LogP contribution in [0.2, 0.25) is 5.02 Å². The average molecular weight is 513 g/mol. The minimum Gasteiger partial charge on any atom is -0.333 e. The molecule has 0 atom stereocenters. The molecule has 0 aliphatic rings.